The van der Waals surface area contributed by atoms with Gasteiger partial charge in [0.25, 0.3) is 0 Å². The Hall–Kier alpha value is -0.470. The highest BCUT2D eigenvalue weighted by molar-refractivity contribution is 7.99. The average molecular weight is 292 g/mol. The lowest BCUT2D eigenvalue weighted by atomic mass is 9.76. The van der Waals surface area contributed by atoms with Crippen LogP contribution >= 0.6 is 11.8 Å². The molecule has 0 radical (unpaired) electrons. The molecule has 0 saturated heterocycles. The molecule has 1 unspecified atom stereocenters. The summed E-state index contributed by atoms with van der Waals surface area (Å²) in [4.78, 5) is 1.39. The van der Waals surface area contributed by atoms with Gasteiger partial charge in [-0.15, -0.1) is 11.8 Å². The summed E-state index contributed by atoms with van der Waals surface area (Å²) in [5.41, 5.74) is 1.47. The van der Waals surface area contributed by atoms with Gasteiger partial charge < -0.3 is 5.32 Å². The Bertz CT molecular complexity index is 379. The Kier molecular flexibility index (Phi) is 6.44. The predicted molar refractivity (Wildman–Crippen MR) is 90.4 cm³/mol. The molecule has 1 aliphatic carbocycles. The molecule has 1 atom stereocenters. The van der Waals surface area contributed by atoms with E-state index >= 15 is 0 Å². The number of nitrogens with one attached hydrogen (secondary N) is 1. The molecule has 2 heteroatoms. The van der Waals surface area contributed by atoms with Crippen LogP contribution in [0, 0.1) is 11.8 Å². The molecule has 1 aromatic carbocycles. The quantitative estimate of drug-likeness (QED) is 0.716. The minimum Gasteiger partial charge on any atom is -0.313 e. The SMILES string of the molecule is CCSc1ccc(C(NC)C2CCC(CC)CC2)cc1. The number of benzene rings is 1. The molecule has 1 fully saturated rings. The Morgan fingerprint density at radius 3 is 2.25 bits per heavy atom. The molecule has 0 amide bonds. The van der Waals surface area contributed by atoms with Gasteiger partial charge in [0.15, 0.2) is 0 Å². The van der Waals surface area contributed by atoms with Crippen molar-refractivity contribution >= 4 is 11.8 Å². The number of hydrogen-bond acceptors (Lipinski definition) is 2. The number of rotatable bonds is 6. The maximum absolute atomic E-state index is 3.57. The lowest BCUT2D eigenvalue weighted by Gasteiger charge is -2.33. The van der Waals surface area contributed by atoms with E-state index in [1.54, 1.807) is 0 Å². The Morgan fingerprint density at radius 1 is 1.10 bits per heavy atom. The number of thioether (sulfide) groups is 1. The van der Waals surface area contributed by atoms with Gasteiger partial charge in [0.05, 0.1) is 0 Å². The van der Waals surface area contributed by atoms with E-state index in [1.807, 2.05) is 11.8 Å². The predicted octanol–water partition coefficient (Wildman–Crippen LogP) is 5.28. The molecule has 112 valence electrons. The Morgan fingerprint density at radius 2 is 1.75 bits per heavy atom. The minimum absolute atomic E-state index is 0.536. The van der Waals surface area contributed by atoms with Gasteiger partial charge in [0.1, 0.15) is 0 Å². The maximum atomic E-state index is 3.57. The molecule has 0 aromatic heterocycles. The first-order chi connectivity index (χ1) is 9.78. The first-order valence-corrected chi connectivity index (χ1v) is 9.17. The molecule has 1 saturated carbocycles. The van der Waals surface area contributed by atoms with E-state index in [0.717, 1.165) is 17.6 Å². The van der Waals surface area contributed by atoms with E-state index in [9.17, 15) is 0 Å². The zero-order chi connectivity index (χ0) is 14.4. The van der Waals surface area contributed by atoms with E-state index in [1.165, 1.54) is 42.6 Å². The summed E-state index contributed by atoms with van der Waals surface area (Å²) in [6, 6.07) is 9.75. The molecule has 0 bridgehead atoms. The van der Waals surface area contributed by atoms with Crippen molar-refractivity contribution < 1.29 is 0 Å². The summed E-state index contributed by atoms with van der Waals surface area (Å²) >= 11 is 1.92. The van der Waals surface area contributed by atoms with Crippen molar-refractivity contribution in [3.05, 3.63) is 29.8 Å². The summed E-state index contributed by atoms with van der Waals surface area (Å²) in [6.45, 7) is 4.55. The van der Waals surface area contributed by atoms with E-state index in [0.29, 0.717) is 6.04 Å². The summed E-state index contributed by atoms with van der Waals surface area (Å²) in [6.07, 6.45) is 6.97. The largest absolute Gasteiger partial charge is 0.313 e. The van der Waals surface area contributed by atoms with Crippen LogP contribution in [0.15, 0.2) is 29.2 Å². The molecule has 1 nitrogen and oxygen atoms in total. The summed E-state index contributed by atoms with van der Waals surface area (Å²) in [7, 11) is 2.12. The fourth-order valence-electron chi connectivity index (χ4n) is 3.54. The smallest absolute Gasteiger partial charge is 0.0346 e. The molecule has 0 heterocycles. The fraction of sp³-hybridized carbons (Fsp3) is 0.667. The highest BCUT2D eigenvalue weighted by atomic mass is 32.2. The molecule has 1 N–H and O–H groups in total. The second-order valence-electron chi connectivity index (χ2n) is 5.96. The van der Waals surface area contributed by atoms with Crippen LogP contribution in [0.5, 0.6) is 0 Å². The molecule has 20 heavy (non-hydrogen) atoms. The van der Waals surface area contributed by atoms with Crippen LogP contribution in [-0.4, -0.2) is 12.8 Å². The van der Waals surface area contributed by atoms with Crippen LogP contribution in [0.1, 0.15) is 57.6 Å². The molecule has 0 aliphatic heterocycles. The highest BCUT2D eigenvalue weighted by Crippen LogP contribution is 2.38. The molecular weight excluding hydrogens is 262 g/mol. The third-order valence-corrected chi connectivity index (χ3v) is 5.70. The van der Waals surface area contributed by atoms with Crippen LogP contribution in [0.3, 0.4) is 0 Å². The van der Waals surface area contributed by atoms with Gasteiger partial charge >= 0.3 is 0 Å². The minimum atomic E-state index is 0.536. The molecule has 2 rings (SSSR count). The second kappa shape index (κ2) is 8.09. The lowest BCUT2D eigenvalue weighted by molar-refractivity contribution is 0.224. The van der Waals surface area contributed by atoms with Crippen molar-refractivity contribution in [2.24, 2.45) is 11.8 Å². The third-order valence-electron chi connectivity index (χ3n) is 4.80. The summed E-state index contributed by atoms with van der Waals surface area (Å²) < 4.78 is 0. The fourth-order valence-corrected chi connectivity index (χ4v) is 4.20. The molecule has 1 aromatic rings. The van der Waals surface area contributed by atoms with Crippen molar-refractivity contribution in [1.82, 2.24) is 5.32 Å². The van der Waals surface area contributed by atoms with E-state index in [2.05, 4.69) is 50.5 Å². The first kappa shape index (κ1) is 15.9. The molecule has 1 aliphatic rings. The normalized spacial score (nSPS) is 24.6. The van der Waals surface area contributed by atoms with Crippen LogP contribution < -0.4 is 5.32 Å². The van der Waals surface area contributed by atoms with Crippen molar-refractivity contribution in [1.29, 1.82) is 0 Å². The zero-order valence-electron chi connectivity index (χ0n) is 13.2. The monoisotopic (exact) mass is 291 g/mol. The van der Waals surface area contributed by atoms with Crippen LogP contribution in [0.4, 0.5) is 0 Å². The van der Waals surface area contributed by atoms with Crippen LogP contribution in [0.25, 0.3) is 0 Å². The Balaban J connectivity index is 2.00. The molecule has 0 spiro atoms. The average Bonchev–Trinajstić information content (AvgIpc) is 2.51. The van der Waals surface area contributed by atoms with Crippen LogP contribution in [-0.2, 0) is 0 Å². The van der Waals surface area contributed by atoms with Crippen molar-refractivity contribution in [3.63, 3.8) is 0 Å². The van der Waals surface area contributed by atoms with Gasteiger partial charge in [-0.2, -0.15) is 0 Å². The summed E-state index contributed by atoms with van der Waals surface area (Å²) in [5, 5.41) is 3.57. The molecular formula is C18H29NS. The van der Waals surface area contributed by atoms with E-state index in [4.69, 9.17) is 0 Å². The van der Waals surface area contributed by atoms with Gasteiger partial charge in [0, 0.05) is 10.9 Å². The summed E-state index contributed by atoms with van der Waals surface area (Å²) in [5.74, 6) is 2.94. The van der Waals surface area contributed by atoms with Crippen LogP contribution in [0.2, 0.25) is 0 Å². The van der Waals surface area contributed by atoms with Gasteiger partial charge in [0.2, 0.25) is 0 Å². The van der Waals surface area contributed by atoms with Gasteiger partial charge in [-0.3, -0.25) is 0 Å². The standard InChI is InChI=1S/C18H29NS/c1-4-14-6-8-15(9-7-14)18(19-3)16-10-12-17(13-11-16)20-5-2/h10-15,18-19H,4-9H2,1-3H3. The number of hydrogen-bond donors (Lipinski definition) is 1. The Labute approximate surface area is 128 Å². The van der Waals surface area contributed by atoms with E-state index in [-0.39, 0.29) is 0 Å². The topological polar surface area (TPSA) is 12.0 Å². The second-order valence-corrected chi connectivity index (χ2v) is 7.29. The zero-order valence-corrected chi connectivity index (χ0v) is 14.0. The van der Waals surface area contributed by atoms with Crippen molar-refractivity contribution in [3.8, 4) is 0 Å². The van der Waals surface area contributed by atoms with Gasteiger partial charge in [-0.1, -0.05) is 45.2 Å². The lowest BCUT2D eigenvalue weighted by Crippen LogP contribution is -2.28. The van der Waals surface area contributed by atoms with E-state index < -0.39 is 0 Å². The maximum Gasteiger partial charge on any atom is 0.0346 e. The van der Waals surface area contributed by atoms with Crippen molar-refractivity contribution in [2.45, 2.75) is 56.9 Å². The first-order valence-electron chi connectivity index (χ1n) is 8.18. The van der Waals surface area contributed by atoms with Crippen molar-refractivity contribution in [2.75, 3.05) is 12.8 Å². The highest BCUT2D eigenvalue weighted by Gasteiger charge is 2.26. The van der Waals surface area contributed by atoms with Gasteiger partial charge in [-0.25, -0.2) is 0 Å². The third kappa shape index (κ3) is 4.02. The van der Waals surface area contributed by atoms with Gasteiger partial charge in [-0.05, 0) is 55.2 Å².